The van der Waals surface area contributed by atoms with Gasteiger partial charge in [-0.2, -0.15) is 0 Å². The summed E-state index contributed by atoms with van der Waals surface area (Å²) in [7, 11) is 2.73. The van der Waals surface area contributed by atoms with Crippen molar-refractivity contribution in [1.82, 2.24) is 5.32 Å². The van der Waals surface area contributed by atoms with Crippen LogP contribution in [0.5, 0.6) is 11.5 Å². The van der Waals surface area contributed by atoms with Crippen molar-refractivity contribution in [2.75, 3.05) is 14.2 Å². The van der Waals surface area contributed by atoms with Crippen LogP contribution in [0.4, 0.5) is 4.39 Å². The molecule has 0 radical (unpaired) electrons. The first-order valence-corrected chi connectivity index (χ1v) is 7.80. The number of hydrogen-bond acceptors (Lipinski definition) is 4. The number of rotatable bonds is 5. The number of aliphatic carboxylic acids is 1. The number of nitrogens with one attached hydrogen (secondary N) is 1. The van der Waals surface area contributed by atoms with Crippen LogP contribution in [0.15, 0.2) is 12.1 Å². The molecule has 1 amide bonds. The molecular weight excluding hydrogens is 317 g/mol. The zero-order chi connectivity index (χ0) is 17.9. The zero-order valence-electron chi connectivity index (χ0n) is 14.0. The van der Waals surface area contributed by atoms with Gasteiger partial charge in [-0.1, -0.05) is 6.92 Å². The van der Waals surface area contributed by atoms with Crippen LogP contribution in [0.1, 0.15) is 43.0 Å². The van der Waals surface area contributed by atoms with E-state index in [9.17, 15) is 19.1 Å². The number of carboxylic acid groups (broad SMARTS) is 1. The summed E-state index contributed by atoms with van der Waals surface area (Å²) >= 11 is 0. The normalized spacial score (nSPS) is 23.4. The zero-order valence-corrected chi connectivity index (χ0v) is 14.0. The molecule has 132 valence electrons. The number of benzene rings is 1. The molecule has 6 nitrogen and oxygen atoms in total. The minimum Gasteiger partial charge on any atom is -0.493 e. The average molecular weight is 339 g/mol. The van der Waals surface area contributed by atoms with Crippen molar-refractivity contribution in [2.24, 2.45) is 5.92 Å². The van der Waals surface area contributed by atoms with E-state index in [0.29, 0.717) is 31.6 Å². The molecule has 1 aliphatic rings. The van der Waals surface area contributed by atoms with Crippen LogP contribution in [-0.2, 0) is 4.79 Å². The van der Waals surface area contributed by atoms with Gasteiger partial charge in [-0.05, 0) is 37.7 Å². The fourth-order valence-electron chi connectivity index (χ4n) is 2.96. The van der Waals surface area contributed by atoms with E-state index in [1.807, 2.05) is 6.92 Å². The molecule has 0 aromatic heterocycles. The number of carbonyl (C=O) groups excluding carboxylic acids is 1. The Labute approximate surface area is 139 Å². The summed E-state index contributed by atoms with van der Waals surface area (Å²) in [6.45, 7) is 2.04. The van der Waals surface area contributed by atoms with Crippen molar-refractivity contribution in [2.45, 2.75) is 38.1 Å². The third-order valence-corrected chi connectivity index (χ3v) is 4.61. The maximum absolute atomic E-state index is 14.2. The number of carbonyl (C=O) groups is 2. The standard InChI is InChI=1S/C17H22FNO5/c1-10-4-6-17(7-5-10,16(21)22)19-15(20)11-8-13(23-2)14(24-3)9-12(11)18/h8-10H,4-7H2,1-3H3,(H,19,20)(H,21,22). The number of ether oxygens (including phenoxy) is 2. The lowest BCUT2D eigenvalue weighted by Crippen LogP contribution is -2.56. The number of amides is 1. The Hall–Kier alpha value is -2.31. The fourth-order valence-corrected chi connectivity index (χ4v) is 2.96. The molecule has 24 heavy (non-hydrogen) atoms. The number of carboxylic acids is 1. The van der Waals surface area contributed by atoms with Crippen molar-refractivity contribution in [3.05, 3.63) is 23.5 Å². The van der Waals surface area contributed by atoms with Crippen LogP contribution in [-0.4, -0.2) is 36.7 Å². The maximum Gasteiger partial charge on any atom is 0.329 e. The highest BCUT2D eigenvalue weighted by molar-refractivity contribution is 5.98. The number of hydrogen-bond donors (Lipinski definition) is 2. The van der Waals surface area contributed by atoms with E-state index in [-0.39, 0.29) is 17.1 Å². The number of methoxy groups -OCH3 is 2. The predicted octanol–water partition coefficient (Wildman–Crippen LogP) is 2.61. The van der Waals surface area contributed by atoms with E-state index in [4.69, 9.17) is 9.47 Å². The van der Waals surface area contributed by atoms with Crippen LogP contribution in [0.3, 0.4) is 0 Å². The Balaban J connectivity index is 2.29. The Morgan fingerprint density at radius 1 is 1.21 bits per heavy atom. The average Bonchev–Trinajstić information content (AvgIpc) is 2.56. The Kier molecular flexibility index (Phi) is 5.31. The van der Waals surface area contributed by atoms with Gasteiger partial charge in [0, 0.05) is 6.07 Å². The SMILES string of the molecule is COc1cc(F)c(C(=O)NC2(C(=O)O)CCC(C)CC2)cc1OC. The Bertz CT molecular complexity index is 638. The first-order valence-electron chi connectivity index (χ1n) is 7.80. The van der Waals surface area contributed by atoms with Gasteiger partial charge < -0.3 is 19.9 Å². The second-order valence-electron chi connectivity index (χ2n) is 6.21. The van der Waals surface area contributed by atoms with E-state index in [1.165, 1.54) is 20.3 Å². The van der Waals surface area contributed by atoms with Crippen LogP contribution >= 0.6 is 0 Å². The molecule has 0 atom stereocenters. The largest absolute Gasteiger partial charge is 0.493 e. The van der Waals surface area contributed by atoms with Gasteiger partial charge in [-0.15, -0.1) is 0 Å². The fraction of sp³-hybridized carbons (Fsp3) is 0.529. The third kappa shape index (κ3) is 3.44. The molecule has 2 rings (SSSR count). The first-order chi connectivity index (χ1) is 11.3. The van der Waals surface area contributed by atoms with Crippen molar-refractivity contribution in [3.8, 4) is 11.5 Å². The molecule has 0 spiro atoms. The lowest BCUT2D eigenvalue weighted by atomic mass is 9.77. The molecular formula is C17H22FNO5. The molecule has 1 aliphatic carbocycles. The molecule has 1 aromatic rings. The van der Waals surface area contributed by atoms with Crippen LogP contribution in [0, 0.1) is 11.7 Å². The Morgan fingerprint density at radius 3 is 2.25 bits per heavy atom. The summed E-state index contributed by atoms with van der Waals surface area (Å²) < 4.78 is 24.3. The number of halogens is 1. The molecule has 0 unspecified atom stereocenters. The minimum atomic E-state index is -1.36. The van der Waals surface area contributed by atoms with Crippen molar-refractivity contribution in [3.63, 3.8) is 0 Å². The minimum absolute atomic E-state index is 0.158. The van der Waals surface area contributed by atoms with Gasteiger partial charge in [0.05, 0.1) is 19.8 Å². The van der Waals surface area contributed by atoms with E-state index in [0.717, 1.165) is 6.07 Å². The molecule has 2 N–H and O–H groups in total. The van der Waals surface area contributed by atoms with Gasteiger partial charge in [0.1, 0.15) is 11.4 Å². The quantitative estimate of drug-likeness (QED) is 0.861. The molecule has 0 aliphatic heterocycles. The topological polar surface area (TPSA) is 84.9 Å². The van der Waals surface area contributed by atoms with E-state index < -0.39 is 23.2 Å². The van der Waals surface area contributed by atoms with Crippen molar-refractivity contribution in [1.29, 1.82) is 0 Å². The molecule has 1 aromatic carbocycles. The second kappa shape index (κ2) is 7.07. The summed E-state index contributed by atoms with van der Waals surface area (Å²) in [5.41, 5.74) is -1.63. The summed E-state index contributed by atoms with van der Waals surface area (Å²) in [5.74, 6) is -1.90. The van der Waals surface area contributed by atoms with Crippen molar-refractivity contribution < 1.29 is 28.6 Å². The maximum atomic E-state index is 14.2. The Morgan fingerprint density at radius 2 is 1.75 bits per heavy atom. The third-order valence-electron chi connectivity index (χ3n) is 4.61. The molecule has 1 saturated carbocycles. The predicted molar refractivity (Wildman–Crippen MR) is 85.0 cm³/mol. The molecule has 0 bridgehead atoms. The highest BCUT2D eigenvalue weighted by Gasteiger charge is 2.43. The van der Waals surface area contributed by atoms with E-state index >= 15 is 0 Å². The van der Waals surface area contributed by atoms with Gasteiger partial charge in [0.15, 0.2) is 11.5 Å². The van der Waals surface area contributed by atoms with E-state index in [1.54, 1.807) is 0 Å². The summed E-state index contributed by atoms with van der Waals surface area (Å²) in [4.78, 5) is 24.2. The van der Waals surface area contributed by atoms with Crippen molar-refractivity contribution >= 4 is 11.9 Å². The molecule has 0 saturated heterocycles. The lowest BCUT2D eigenvalue weighted by molar-refractivity contribution is -0.146. The first kappa shape index (κ1) is 18.0. The lowest BCUT2D eigenvalue weighted by Gasteiger charge is -2.36. The highest BCUT2D eigenvalue weighted by atomic mass is 19.1. The van der Waals surface area contributed by atoms with Gasteiger partial charge >= 0.3 is 5.97 Å². The second-order valence-corrected chi connectivity index (χ2v) is 6.21. The van der Waals surface area contributed by atoms with Crippen LogP contribution in [0.25, 0.3) is 0 Å². The smallest absolute Gasteiger partial charge is 0.329 e. The molecule has 7 heteroatoms. The molecule has 1 fully saturated rings. The van der Waals surface area contributed by atoms with Gasteiger partial charge in [0.2, 0.25) is 0 Å². The van der Waals surface area contributed by atoms with Crippen LogP contribution in [0.2, 0.25) is 0 Å². The molecule has 0 heterocycles. The van der Waals surface area contributed by atoms with Gasteiger partial charge in [-0.25, -0.2) is 9.18 Å². The van der Waals surface area contributed by atoms with E-state index in [2.05, 4.69) is 5.32 Å². The van der Waals surface area contributed by atoms with Crippen LogP contribution < -0.4 is 14.8 Å². The monoisotopic (exact) mass is 339 g/mol. The van der Waals surface area contributed by atoms with Gasteiger partial charge in [0.25, 0.3) is 5.91 Å². The highest BCUT2D eigenvalue weighted by Crippen LogP contribution is 2.34. The summed E-state index contributed by atoms with van der Waals surface area (Å²) in [5, 5.41) is 12.1. The summed E-state index contributed by atoms with van der Waals surface area (Å²) in [6, 6.07) is 2.26. The summed E-state index contributed by atoms with van der Waals surface area (Å²) in [6.07, 6.45) is 2.04. The van der Waals surface area contributed by atoms with Gasteiger partial charge in [-0.3, -0.25) is 4.79 Å².